The molecule has 22 heavy (non-hydrogen) atoms. The van der Waals surface area contributed by atoms with E-state index in [1.807, 2.05) is 6.92 Å². The van der Waals surface area contributed by atoms with Crippen LogP contribution in [0.2, 0.25) is 0 Å². The lowest BCUT2D eigenvalue weighted by molar-refractivity contribution is -0.124. The van der Waals surface area contributed by atoms with Crippen molar-refractivity contribution in [1.82, 2.24) is 10.2 Å². The van der Waals surface area contributed by atoms with Crippen molar-refractivity contribution in [3.63, 3.8) is 0 Å². The molecule has 0 radical (unpaired) electrons. The van der Waals surface area contributed by atoms with Gasteiger partial charge in [-0.05, 0) is 45.1 Å². The summed E-state index contributed by atoms with van der Waals surface area (Å²) in [5, 5.41) is 3.06. The number of rotatable bonds is 7. The van der Waals surface area contributed by atoms with E-state index in [1.54, 1.807) is 0 Å². The van der Waals surface area contributed by atoms with E-state index in [2.05, 4.69) is 37.9 Å². The molecule has 1 aliphatic heterocycles. The molecule has 1 amide bonds. The second-order valence-corrected chi connectivity index (χ2v) is 7.30. The Bertz CT molecular complexity index is 336. The van der Waals surface area contributed by atoms with Gasteiger partial charge in [-0.3, -0.25) is 9.69 Å². The van der Waals surface area contributed by atoms with Crippen molar-refractivity contribution in [3.8, 4) is 0 Å². The quantitative estimate of drug-likeness (QED) is 0.753. The maximum Gasteiger partial charge on any atom is 0.237 e. The van der Waals surface area contributed by atoms with Gasteiger partial charge in [0.25, 0.3) is 0 Å². The normalized spacial score (nSPS) is 22.5. The lowest BCUT2D eigenvalue weighted by atomic mass is 9.91. The van der Waals surface area contributed by atoms with Gasteiger partial charge in [-0.25, -0.2) is 0 Å². The summed E-state index contributed by atoms with van der Waals surface area (Å²) in [7, 11) is 0. The zero-order chi connectivity index (χ0) is 16.0. The van der Waals surface area contributed by atoms with E-state index in [0.717, 1.165) is 25.4 Å². The van der Waals surface area contributed by atoms with Crippen LogP contribution in [0.15, 0.2) is 0 Å². The van der Waals surface area contributed by atoms with Gasteiger partial charge in [-0.15, -0.1) is 12.4 Å². The number of hydrogen-bond acceptors (Lipinski definition) is 3. The first-order valence-electron chi connectivity index (χ1n) is 8.60. The Morgan fingerprint density at radius 2 is 2.05 bits per heavy atom. The molecule has 0 aromatic carbocycles. The van der Waals surface area contributed by atoms with Gasteiger partial charge < -0.3 is 11.1 Å². The fourth-order valence-electron chi connectivity index (χ4n) is 2.99. The Kier molecular flexibility index (Phi) is 9.60. The molecule has 0 aromatic heterocycles. The third kappa shape index (κ3) is 6.05. The number of carbonyl (C=O) groups is 1. The second-order valence-electron chi connectivity index (χ2n) is 7.30. The fraction of sp³-hybridized carbons (Fsp3) is 0.941. The van der Waals surface area contributed by atoms with Crippen LogP contribution in [0.5, 0.6) is 0 Å². The third-order valence-corrected chi connectivity index (χ3v) is 5.21. The molecule has 0 aromatic rings. The van der Waals surface area contributed by atoms with Crippen LogP contribution in [0.25, 0.3) is 0 Å². The maximum atomic E-state index is 12.1. The van der Waals surface area contributed by atoms with E-state index < -0.39 is 6.04 Å². The number of nitrogens with zero attached hydrogens (tertiary/aromatic N) is 1. The Balaban J connectivity index is 0.00000441. The molecule has 3 N–H and O–H groups in total. The minimum Gasteiger partial charge on any atom is -0.353 e. The van der Waals surface area contributed by atoms with Gasteiger partial charge in [-0.1, -0.05) is 33.6 Å². The zero-order valence-electron chi connectivity index (χ0n) is 15.0. The van der Waals surface area contributed by atoms with Gasteiger partial charge in [-0.2, -0.15) is 0 Å². The average molecular weight is 334 g/mol. The molecule has 1 heterocycles. The highest BCUT2D eigenvalue weighted by Gasteiger charge is 2.31. The van der Waals surface area contributed by atoms with Gasteiger partial charge in [0.2, 0.25) is 5.91 Å². The molecule has 3 unspecified atom stereocenters. The molecule has 132 valence electrons. The van der Waals surface area contributed by atoms with Crippen molar-refractivity contribution in [2.24, 2.45) is 17.6 Å². The third-order valence-electron chi connectivity index (χ3n) is 5.21. The SMILES string of the molecule is CCC1CCCN(C(C)(C)CNC(=O)C(N)C(C)CC)C1.Cl. The van der Waals surface area contributed by atoms with E-state index >= 15 is 0 Å². The Labute approximate surface area is 143 Å². The van der Waals surface area contributed by atoms with Crippen molar-refractivity contribution in [2.45, 2.75) is 71.9 Å². The Morgan fingerprint density at radius 1 is 1.41 bits per heavy atom. The van der Waals surface area contributed by atoms with E-state index in [9.17, 15) is 4.79 Å². The number of nitrogens with two attached hydrogens (primary N) is 1. The molecular weight excluding hydrogens is 298 g/mol. The van der Waals surface area contributed by atoms with Crippen molar-refractivity contribution >= 4 is 18.3 Å². The van der Waals surface area contributed by atoms with Crippen LogP contribution in [0.1, 0.15) is 60.3 Å². The lowest BCUT2D eigenvalue weighted by Crippen LogP contribution is -2.56. The highest BCUT2D eigenvalue weighted by molar-refractivity contribution is 5.85. The number of amides is 1. The number of carbonyl (C=O) groups excluding carboxylic acids is 1. The summed E-state index contributed by atoms with van der Waals surface area (Å²) >= 11 is 0. The molecule has 0 spiro atoms. The van der Waals surface area contributed by atoms with Crippen LogP contribution in [0, 0.1) is 11.8 Å². The monoisotopic (exact) mass is 333 g/mol. The van der Waals surface area contributed by atoms with E-state index in [4.69, 9.17) is 5.73 Å². The van der Waals surface area contributed by atoms with Gasteiger partial charge in [0, 0.05) is 18.6 Å². The number of likely N-dealkylation sites (tertiary alicyclic amines) is 1. The molecular formula is C17H36ClN3O. The first kappa shape index (κ1) is 21.7. The molecule has 0 bridgehead atoms. The van der Waals surface area contributed by atoms with Crippen molar-refractivity contribution in [2.75, 3.05) is 19.6 Å². The molecule has 4 nitrogen and oxygen atoms in total. The number of piperidine rings is 1. The summed E-state index contributed by atoms with van der Waals surface area (Å²) < 4.78 is 0. The minimum atomic E-state index is -0.393. The maximum absolute atomic E-state index is 12.1. The summed E-state index contributed by atoms with van der Waals surface area (Å²) in [5.74, 6) is 1.02. The van der Waals surface area contributed by atoms with E-state index in [-0.39, 0.29) is 29.8 Å². The summed E-state index contributed by atoms with van der Waals surface area (Å²) in [6.07, 6.45) is 4.79. The summed E-state index contributed by atoms with van der Waals surface area (Å²) in [6.45, 7) is 13.8. The van der Waals surface area contributed by atoms with Crippen molar-refractivity contribution in [1.29, 1.82) is 0 Å². The fourth-order valence-corrected chi connectivity index (χ4v) is 2.99. The first-order chi connectivity index (χ1) is 9.81. The molecule has 1 rings (SSSR count). The van der Waals surface area contributed by atoms with Crippen LogP contribution < -0.4 is 11.1 Å². The minimum absolute atomic E-state index is 0. The first-order valence-corrected chi connectivity index (χ1v) is 8.60. The smallest absolute Gasteiger partial charge is 0.237 e. The van der Waals surface area contributed by atoms with E-state index in [0.29, 0.717) is 6.54 Å². The average Bonchev–Trinajstić information content (AvgIpc) is 2.51. The van der Waals surface area contributed by atoms with E-state index in [1.165, 1.54) is 19.3 Å². The molecule has 3 atom stereocenters. The lowest BCUT2D eigenvalue weighted by Gasteiger charge is -2.43. The van der Waals surface area contributed by atoms with Gasteiger partial charge in [0.05, 0.1) is 6.04 Å². The van der Waals surface area contributed by atoms with Crippen LogP contribution in [-0.4, -0.2) is 42.0 Å². The van der Waals surface area contributed by atoms with Gasteiger partial charge in [0.15, 0.2) is 0 Å². The van der Waals surface area contributed by atoms with Crippen LogP contribution in [0.4, 0.5) is 0 Å². The molecule has 1 aliphatic rings. The van der Waals surface area contributed by atoms with Crippen LogP contribution in [-0.2, 0) is 4.79 Å². The Hall–Kier alpha value is -0.320. The molecule has 1 fully saturated rings. The summed E-state index contributed by atoms with van der Waals surface area (Å²) in [4.78, 5) is 14.7. The molecule has 5 heteroatoms. The highest BCUT2D eigenvalue weighted by Crippen LogP contribution is 2.25. The zero-order valence-corrected chi connectivity index (χ0v) is 15.8. The van der Waals surface area contributed by atoms with Gasteiger partial charge >= 0.3 is 0 Å². The summed E-state index contributed by atoms with van der Waals surface area (Å²) in [5.41, 5.74) is 6.00. The second kappa shape index (κ2) is 9.74. The topological polar surface area (TPSA) is 58.4 Å². The van der Waals surface area contributed by atoms with Crippen LogP contribution >= 0.6 is 12.4 Å². The number of hydrogen-bond donors (Lipinski definition) is 2. The largest absolute Gasteiger partial charge is 0.353 e. The predicted octanol–water partition coefficient (Wildman–Crippen LogP) is 2.80. The van der Waals surface area contributed by atoms with Gasteiger partial charge in [0.1, 0.15) is 0 Å². The molecule has 1 saturated heterocycles. The van der Waals surface area contributed by atoms with Crippen LogP contribution in [0.3, 0.4) is 0 Å². The van der Waals surface area contributed by atoms with Crippen molar-refractivity contribution < 1.29 is 4.79 Å². The predicted molar refractivity (Wildman–Crippen MR) is 96.4 cm³/mol. The van der Waals surface area contributed by atoms with Crippen molar-refractivity contribution in [3.05, 3.63) is 0 Å². The number of halogens is 1. The molecule has 0 aliphatic carbocycles. The molecule has 0 saturated carbocycles. The summed E-state index contributed by atoms with van der Waals surface area (Å²) in [6, 6.07) is -0.393. The number of nitrogens with one attached hydrogen (secondary N) is 1. The standard InChI is InChI=1S/C17H35N3O.ClH/c1-6-13(3)15(18)16(21)19-12-17(4,5)20-10-8-9-14(7-2)11-20;/h13-15H,6-12,18H2,1-5H3,(H,19,21);1H. The highest BCUT2D eigenvalue weighted by atomic mass is 35.5. The Morgan fingerprint density at radius 3 is 2.59 bits per heavy atom.